The second-order valence-electron chi connectivity index (χ2n) is 7.03. The van der Waals surface area contributed by atoms with Crippen molar-refractivity contribution in [2.24, 2.45) is 0 Å². The molecule has 0 spiro atoms. The maximum atomic E-state index is 2.24. The Hall–Kier alpha value is -1.25. The fourth-order valence-electron chi connectivity index (χ4n) is 3.20. The van der Waals surface area contributed by atoms with Crippen LogP contribution >= 0.6 is 0 Å². The number of hydrogen-bond acceptors (Lipinski definition) is 0. The Morgan fingerprint density at radius 1 is 0.704 bits per heavy atom. The van der Waals surface area contributed by atoms with E-state index in [2.05, 4.69) is 95.3 Å². The first-order valence-electron chi connectivity index (χ1n) is 9.62. The van der Waals surface area contributed by atoms with Gasteiger partial charge in [0, 0.05) is 0 Å². The van der Waals surface area contributed by atoms with E-state index < -0.39 is 0 Å². The molecular formula is C25H29HfSi. The first-order chi connectivity index (χ1) is 13.0. The molecular weight excluding hydrogens is 507 g/mol. The zero-order valence-corrected chi connectivity index (χ0v) is 21.8. The Kier molecular flexibility index (Phi) is 8.91. The van der Waals surface area contributed by atoms with Crippen molar-refractivity contribution in [1.82, 2.24) is 0 Å². The summed E-state index contributed by atoms with van der Waals surface area (Å²) in [6.07, 6.45) is 2.69. The Morgan fingerprint density at radius 3 is 1.41 bits per heavy atom. The molecule has 0 fully saturated rings. The maximum absolute atomic E-state index is 2.24. The van der Waals surface area contributed by atoms with Gasteiger partial charge in [-0.25, -0.2) is 0 Å². The molecule has 0 unspecified atom stereocenters. The molecule has 0 saturated carbocycles. The average molecular weight is 536 g/mol. The van der Waals surface area contributed by atoms with Gasteiger partial charge in [-0.15, -0.1) is 56.9 Å². The normalized spacial score (nSPS) is 10.2. The molecule has 0 aliphatic heterocycles. The minimum Gasteiger partial charge on any atom is -0.168 e. The second-order valence-corrected chi connectivity index (χ2v) is 11.7. The van der Waals surface area contributed by atoms with E-state index >= 15 is 0 Å². The van der Waals surface area contributed by atoms with Gasteiger partial charge in [-0.2, -0.15) is 24.3 Å². The Balaban J connectivity index is 0.000000157. The summed E-state index contributed by atoms with van der Waals surface area (Å²) < 4.78 is 0. The zero-order chi connectivity index (χ0) is 19.8. The van der Waals surface area contributed by atoms with E-state index in [1.54, 1.807) is 0 Å². The van der Waals surface area contributed by atoms with Gasteiger partial charge < -0.3 is 0 Å². The van der Waals surface area contributed by atoms with Crippen molar-refractivity contribution in [2.45, 2.75) is 47.1 Å². The van der Waals surface area contributed by atoms with Crippen molar-refractivity contribution >= 4 is 27.8 Å². The van der Waals surface area contributed by atoms with E-state index in [0.717, 1.165) is 0 Å². The van der Waals surface area contributed by atoms with E-state index in [4.69, 9.17) is 0 Å². The van der Waals surface area contributed by atoms with Gasteiger partial charge in [0.2, 0.25) is 0 Å². The van der Waals surface area contributed by atoms with E-state index in [1.165, 1.54) is 85.5 Å². The molecule has 27 heavy (non-hydrogen) atoms. The summed E-state index contributed by atoms with van der Waals surface area (Å²) in [4.78, 5) is 0. The predicted octanol–water partition coefficient (Wildman–Crippen LogP) is 7.33. The average Bonchev–Trinajstić information content (AvgIpc) is 3.34. The Morgan fingerprint density at radius 2 is 1.11 bits per heavy atom. The van der Waals surface area contributed by atoms with Crippen molar-refractivity contribution in [2.75, 3.05) is 0 Å². The molecule has 0 aliphatic carbocycles. The van der Waals surface area contributed by atoms with Gasteiger partial charge in [0.25, 0.3) is 0 Å². The number of rotatable bonds is 2. The maximum Gasteiger partial charge on any atom is -0.0488 e. The van der Waals surface area contributed by atoms with E-state index in [1.807, 2.05) is 0 Å². The number of aryl methyl sites for hydroxylation is 4. The molecule has 0 aliphatic rings. The molecule has 4 aromatic carbocycles. The smallest absolute Gasteiger partial charge is 0.0488 e. The zero-order valence-electron chi connectivity index (χ0n) is 17.2. The molecule has 0 nitrogen and oxygen atoms in total. The summed E-state index contributed by atoms with van der Waals surface area (Å²) in [5, 5.41) is 5.57. The van der Waals surface area contributed by atoms with Crippen LogP contribution in [0.4, 0.5) is 0 Å². The molecule has 0 amide bonds. The van der Waals surface area contributed by atoms with Crippen LogP contribution in [0.1, 0.15) is 35.6 Å². The molecule has 137 valence electrons. The molecule has 0 aromatic heterocycles. The summed E-state index contributed by atoms with van der Waals surface area (Å²) in [6.45, 7) is 10.9. The molecule has 1 radical (unpaired) electrons. The fourth-order valence-corrected chi connectivity index (χ4v) is 6.14. The van der Waals surface area contributed by atoms with E-state index in [-0.39, 0.29) is 0 Å². The van der Waals surface area contributed by atoms with Gasteiger partial charge >= 0.3 is 48.6 Å². The largest absolute Gasteiger partial charge is 0.168 e. The van der Waals surface area contributed by atoms with Crippen molar-refractivity contribution < 1.29 is 23.0 Å². The molecule has 0 heterocycles. The van der Waals surface area contributed by atoms with Crippen LogP contribution in [-0.2, 0) is 23.0 Å². The minimum absolute atomic E-state index is 1.30. The van der Waals surface area contributed by atoms with Gasteiger partial charge in [0.1, 0.15) is 0 Å². The minimum atomic E-state index is 1.30. The third-order valence-electron chi connectivity index (χ3n) is 4.87. The van der Waals surface area contributed by atoms with Crippen LogP contribution in [0.3, 0.4) is 0 Å². The second kappa shape index (κ2) is 10.9. The van der Waals surface area contributed by atoms with Crippen LogP contribution in [0.5, 0.6) is 0 Å². The molecule has 0 atom stereocenters. The summed E-state index contributed by atoms with van der Waals surface area (Å²) in [5.74, 6) is 0. The summed E-state index contributed by atoms with van der Waals surface area (Å²) >= 11 is 1.43. The molecule has 0 saturated heterocycles. The van der Waals surface area contributed by atoms with Crippen LogP contribution in [0.2, 0.25) is 6.04 Å². The van der Waals surface area contributed by atoms with Crippen molar-refractivity contribution in [3.63, 3.8) is 0 Å². The molecule has 0 bridgehead atoms. The van der Waals surface area contributed by atoms with Crippen LogP contribution in [-0.4, -0.2) is 6.22 Å². The third-order valence-corrected chi connectivity index (χ3v) is 8.32. The summed E-state index contributed by atoms with van der Waals surface area (Å²) in [7, 11) is 0. The van der Waals surface area contributed by atoms with Crippen LogP contribution in [0.25, 0.3) is 21.5 Å². The van der Waals surface area contributed by atoms with Crippen molar-refractivity contribution in [3.8, 4) is 0 Å². The topological polar surface area (TPSA) is 0 Å². The fraction of sp³-hybridized carbons (Fsp3) is 0.280. The van der Waals surface area contributed by atoms with Gasteiger partial charge in [0.05, 0.1) is 0 Å². The van der Waals surface area contributed by atoms with Gasteiger partial charge in [-0.3, -0.25) is 0 Å². The molecule has 2 heteroatoms. The van der Waals surface area contributed by atoms with Gasteiger partial charge in [-0.05, 0) is 13.8 Å². The van der Waals surface area contributed by atoms with E-state index in [9.17, 15) is 0 Å². The first kappa shape index (κ1) is 22.0. The van der Waals surface area contributed by atoms with Crippen molar-refractivity contribution in [1.29, 1.82) is 0 Å². The summed E-state index contributed by atoms with van der Waals surface area (Å²) in [6, 6.07) is 23.1. The molecule has 0 N–H and O–H groups in total. The number of fused-ring (bicyclic) bond motifs is 2. The number of benzene rings is 2. The monoisotopic (exact) mass is 537 g/mol. The van der Waals surface area contributed by atoms with Gasteiger partial charge in [0.15, 0.2) is 0 Å². The SMILES string of the molecule is CCC[Si]=[Hf+2].Cc1ccc(C)c2[cH-]ccc12.Cc1ccc(C)c2[cH-]ccc12. The van der Waals surface area contributed by atoms with Crippen LogP contribution < -0.4 is 0 Å². The predicted molar refractivity (Wildman–Crippen MR) is 119 cm³/mol. The first-order valence-corrected chi connectivity index (χ1v) is 16.2. The standard InChI is InChI=1S/2C11H11.C3H7Si.Hf/c2*1-8-6-7-9(2)11-5-3-4-10(8)11;1-2-3-4;/h2*3-7H,1-2H3;2-3H2,1H3;/q2*-1;;+2. The van der Waals surface area contributed by atoms with Crippen molar-refractivity contribution in [3.05, 3.63) is 82.9 Å². The quantitative estimate of drug-likeness (QED) is 0.186. The van der Waals surface area contributed by atoms with Gasteiger partial charge in [-0.1, -0.05) is 37.1 Å². The Bertz CT molecular complexity index is 854. The molecule has 4 aromatic rings. The Labute approximate surface area is 180 Å². The number of hydrogen-bond donors (Lipinski definition) is 0. The molecule has 4 rings (SSSR count). The third kappa shape index (κ3) is 5.86. The van der Waals surface area contributed by atoms with Crippen LogP contribution in [0.15, 0.2) is 60.7 Å². The van der Waals surface area contributed by atoms with Crippen LogP contribution in [0, 0.1) is 27.7 Å². The summed E-state index contributed by atoms with van der Waals surface area (Å²) in [5.41, 5.74) is 5.48. The van der Waals surface area contributed by atoms with E-state index in [0.29, 0.717) is 0 Å².